The standard InChI is InChI=1S/C14H13N3O4/c1-20-11-6-4-10(5-7-11)16-17-12(9-15-19)14(18)13-3-2-8-21-13/h2-9,16,19H,1H3/b15-9+,17-12+. The van der Waals surface area contributed by atoms with Gasteiger partial charge in [0, 0.05) is 0 Å². The smallest absolute Gasteiger partial charge is 0.249 e. The van der Waals surface area contributed by atoms with Crippen LogP contribution in [-0.4, -0.2) is 30.0 Å². The summed E-state index contributed by atoms with van der Waals surface area (Å²) in [6.45, 7) is 0. The van der Waals surface area contributed by atoms with Crippen molar-refractivity contribution in [2.24, 2.45) is 10.3 Å². The van der Waals surface area contributed by atoms with Crippen LogP contribution in [0.15, 0.2) is 57.3 Å². The van der Waals surface area contributed by atoms with Gasteiger partial charge in [-0.1, -0.05) is 5.16 Å². The van der Waals surface area contributed by atoms with Gasteiger partial charge in [-0.3, -0.25) is 10.2 Å². The minimum absolute atomic E-state index is 0.0942. The number of benzene rings is 1. The van der Waals surface area contributed by atoms with E-state index < -0.39 is 5.78 Å². The van der Waals surface area contributed by atoms with Crippen molar-refractivity contribution < 1.29 is 19.2 Å². The van der Waals surface area contributed by atoms with Crippen molar-refractivity contribution in [3.63, 3.8) is 0 Å². The summed E-state index contributed by atoms with van der Waals surface area (Å²) in [4.78, 5) is 12.0. The highest BCUT2D eigenvalue weighted by Gasteiger charge is 2.15. The molecule has 0 radical (unpaired) electrons. The number of hydrazone groups is 1. The number of ketones is 1. The lowest BCUT2D eigenvalue weighted by Crippen LogP contribution is -2.17. The van der Waals surface area contributed by atoms with Crippen LogP contribution < -0.4 is 10.2 Å². The molecule has 0 bridgehead atoms. The Morgan fingerprint density at radius 1 is 1.33 bits per heavy atom. The normalized spacial score (nSPS) is 11.6. The number of methoxy groups -OCH3 is 1. The number of anilines is 1. The number of rotatable bonds is 6. The van der Waals surface area contributed by atoms with E-state index in [1.165, 1.54) is 12.3 Å². The predicted octanol–water partition coefficient (Wildman–Crippen LogP) is 2.40. The van der Waals surface area contributed by atoms with Gasteiger partial charge in [0.05, 0.1) is 25.3 Å². The third-order valence-electron chi connectivity index (χ3n) is 2.55. The summed E-state index contributed by atoms with van der Waals surface area (Å²) >= 11 is 0. The zero-order valence-corrected chi connectivity index (χ0v) is 11.2. The molecule has 0 aliphatic carbocycles. The first-order chi connectivity index (χ1) is 10.2. The maximum Gasteiger partial charge on any atom is 0.249 e. The first-order valence-electron chi connectivity index (χ1n) is 5.98. The van der Waals surface area contributed by atoms with Gasteiger partial charge in [-0.15, -0.1) is 0 Å². The van der Waals surface area contributed by atoms with Crippen LogP contribution in [0.5, 0.6) is 5.75 Å². The molecule has 0 saturated carbocycles. The van der Waals surface area contributed by atoms with Gasteiger partial charge in [0.25, 0.3) is 0 Å². The number of ether oxygens (including phenoxy) is 1. The van der Waals surface area contributed by atoms with Gasteiger partial charge in [-0.05, 0) is 36.4 Å². The molecule has 0 amide bonds. The van der Waals surface area contributed by atoms with E-state index in [9.17, 15) is 4.79 Å². The fourth-order valence-electron chi connectivity index (χ4n) is 1.52. The van der Waals surface area contributed by atoms with Gasteiger partial charge in [-0.25, -0.2) is 0 Å². The Bertz CT molecular complexity index is 645. The highest BCUT2D eigenvalue weighted by atomic mass is 16.5. The topological polar surface area (TPSA) is 96.4 Å². The molecule has 2 N–H and O–H groups in total. The average Bonchev–Trinajstić information content (AvgIpc) is 3.05. The second-order valence-corrected chi connectivity index (χ2v) is 3.89. The number of hydrogen-bond acceptors (Lipinski definition) is 7. The van der Waals surface area contributed by atoms with Gasteiger partial charge in [0.1, 0.15) is 5.75 Å². The van der Waals surface area contributed by atoms with Crippen molar-refractivity contribution in [1.29, 1.82) is 0 Å². The Kier molecular flexibility index (Phi) is 4.70. The van der Waals surface area contributed by atoms with Gasteiger partial charge in [0.2, 0.25) is 5.78 Å². The molecular weight excluding hydrogens is 274 g/mol. The summed E-state index contributed by atoms with van der Waals surface area (Å²) < 4.78 is 10.0. The predicted molar refractivity (Wildman–Crippen MR) is 77.4 cm³/mol. The number of nitrogens with zero attached hydrogens (tertiary/aromatic N) is 2. The summed E-state index contributed by atoms with van der Waals surface area (Å²) in [5, 5.41) is 15.3. The minimum Gasteiger partial charge on any atom is -0.497 e. The van der Waals surface area contributed by atoms with E-state index in [-0.39, 0.29) is 11.5 Å². The highest BCUT2D eigenvalue weighted by Crippen LogP contribution is 2.15. The van der Waals surface area contributed by atoms with Crippen LogP contribution in [0.3, 0.4) is 0 Å². The molecule has 2 rings (SSSR count). The summed E-state index contributed by atoms with van der Waals surface area (Å²) in [6, 6.07) is 10.0. The molecule has 0 fully saturated rings. The zero-order chi connectivity index (χ0) is 15.1. The average molecular weight is 287 g/mol. The van der Waals surface area contributed by atoms with Crippen molar-refractivity contribution >= 4 is 23.4 Å². The first kappa shape index (κ1) is 14.3. The monoisotopic (exact) mass is 287 g/mol. The summed E-state index contributed by atoms with van der Waals surface area (Å²) in [5.41, 5.74) is 3.24. The number of nitrogens with one attached hydrogen (secondary N) is 1. The molecule has 1 aromatic heterocycles. The van der Waals surface area contributed by atoms with Crippen molar-refractivity contribution in [1.82, 2.24) is 0 Å². The van der Waals surface area contributed by atoms with Crippen molar-refractivity contribution in [3.05, 3.63) is 48.4 Å². The quantitative estimate of drug-likeness (QED) is 0.368. The van der Waals surface area contributed by atoms with E-state index in [4.69, 9.17) is 14.4 Å². The molecule has 1 heterocycles. The van der Waals surface area contributed by atoms with Crippen LogP contribution in [-0.2, 0) is 0 Å². The molecular formula is C14H13N3O4. The molecule has 7 nitrogen and oxygen atoms in total. The van der Waals surface area contributed by atoms with Crippen LogP contribution >= 0.6 is 0 Å². The number of hydrogen-bond donors (Lipinski definition) is 2. The number of Topliss-reactive ketones (excluding diaryl/α,β-unsaturated/α-hetero) is 1. The van der Waals surface area contributed by atoms with Crippen LogP contribution in [0.25, 0.3) is 0 Å². The Hall–Kier alpha value is -3.09. The Balaban J connectivity index is 2.15. The molecule has 2 aromatic rings. The van der Waals surface area contributed by atoms with Crippen LogP contribution in [0.2, 0.25) is 0 Å². The molecule has 108 valence electrons. The molecule has 7 heteroatoms. The summed E-state index contributed by atoms with van der Waals surface area (Å²) in [6.07, 6.45) is 2.30. The first-order valence-corrected chi connectivity index (χ1v) is 5.98. The number of oxime groups is 1. The summed E-state index contributed by atoms with van der Waals surface area (Å²) in [5.74, 6) is 0.303. The van der Waals surface area contributed by atoms with Gasteiger partial charge in [-0.2, -0.15) is 5.10 Å². The molecule has 0 unspecified atom stereocenters. The lowest BCUT2D eigenvalue weighted by molar-refractivity contribution is 0.104. The van der Waals surface area contributed by atoms with Crippen molar-refractivity contribution in [2.75, 3.05) is 12.5 Å². The fourth-order valence-corrected chi connectivity index (χ4v) is 1.52. The van der Waals surface area contributed by atoms with Gasteiger partial charge < -0.3 is 14.4 Å². The minimum atomic E-state index is -0.501. The zero-order valence-electron chi connectivity index (χ0n) is 11.2. The van der Waals surface area contributed by atoms with Crippen molar-refractivity contribution in [3.8, 4) is 5.75 Å². The molecule has 1 aromatic carbocycles. The van der Waals surface area contributed by atoms with E-state index >= 15 is 0 Å². The van der Waals surface area contributed by atoms with Crippen molar-refractivity contribution in [2.45, 2.75) is 0 Å². The molecule has 0 spiro atoms. The fraction of sp³-hybridized carbons (Fsp3) is 0.0714. The molecule has 0 saturated heterocycles. The number of carbonyl (C=O) groups is 1. The SMILES string of the molecule is COc1ccc(N/N=C(\C=N\O)C(=O)c2ccco2)cc1. The van der Waals surface area contributed by atoms with E-state index in [0.717, 1.165) is 6.21 Å². The maximum atomic E-state index is 12.0. The third-order valence-corrected chi connectivity index (χ3v) is 2.55. The Morgan fingerprint density at radius 2 is 2.10 bits per heavy atom. The molecule has 21 heavy (non-hydrogen) atoms. The van der Waals surface area contributed by atoms with Crippen LogP contribution in [0.1, 0.15) is 10.6 Å². The molecule has 0 aliphatic heterocycles. The number of carbonyl (C=O) groups excluding carboxylic acids is 1. The Morgan fingerprint density at radius 3 is 2.67 bits per heavy atom. The van der Waals surface area contributed by atoms with Crippen LogP contribution in [0.4, 0.5) is 5.69 Å². The third kappa shape index (κ3) is 3.69. The highest BCUT2D eigenvalue weighted by molar-refractivity contribution is 6.64. The van der Waals surface area contributed by atoms with Crippen LogP contribution in [0, 0.1) is 0 Å². The largest absolute Gasteiger partial charge is 0.497 e. The second-order valence-electron chi connectivity index (χ2n) is 3.89. The van der Waals surface area contributed by atoms with E-state index in [1.807, 2.05) is 0 Å². The molecule has 0 aliphatic rings. The molecule has 0 atom stereocenters. The Labute approximate surface area is 120 Å². The lowest BCUT2D eigenvalue weighted by atomic mass is 10.2. The number of furan rings is 1. The maximum absolute atomic E-state index is 12.0. The lowest BCUT2D eigenvalue weighted by Gasteiger charge is -2.03. The summed E-state index contributed by atoms with van der Waals surface area (Å²) in [7, 11) is 1.57. The van der Waals surface area contributed by atoms with E-state index in [2.05, 4.69) is 15.7 Å². The van der Waals surface area contributed by atoms with Gasteiger partial charge >= 0.3 is 0 Å². The van der Waals surface area contributed by atoms with E-state index in [1.54, 1.807) is 37.4 Å². The second kappa shape index (κ2) is 6.90. The van der Waals surface area contributed by atoms with Gasteiger partial charge in [0.15, 0.2) is 11.5 Å². The van der Waals surface area contributed by atoms with E-state index in [0.29, 0.717) is 11.4 Å².